The molecule has 0 spiro atoms. The lowest BCUT2D eigenvalue weighted by Crippen LogP contribution is -2.27. The third kappa shape index (κ3) is 3.37. The lowest BCUT2D eigenvalue weighted by atomic mass is 10.1. The minimum absolute atomic E-state index is 0.156. The predicted molar refractivity (Wildman–Crippen MR) is 86.7 cm³/mol. The zero-order valence-electron chi connectivity index (χ0n) is 12.2. The van der Waals surface area contributed by atoms with E-state index in [2.05, 4.69) is 15.3 Å². The molecular weight excluding hydrogens is 376 g/mol. The Morgan fingerprint density at radius 1 is 1.28 bits per heavy atom. The van der Waals surface area contributed by atoms with Crippen LogP contribution in [0.4, 0.5) is 4.39 Å². The van der Waals surface area contributed by atoms with Crippen LogP contribution in [0.15, 0.2) is 41.6 Å². The first-order valence-electron chi connectivity index (χ1n) is 6.70. The summed E-state index contributed by atoms with van der Waals surface area (Å²) in [6, 6.07) is 5.75. The fourth-order valence-electron chi connectivity index (χ4n) is 2.12. The van der Waals surface area contributed by atoms with Gasteiger partial charge in [-0.3, -0.25) is 9.36 Å². The van der Waals surface area contributed by atoms with Crippen LogP contribution in [0.1, 0.15) is 6.30 Å². The first-order chi connectivity index (χ1) is 11.9. The second-order valence-electron chi connectivity index (χ2n) is 4.84. The van der Waals surface area contributed by atoms with Crippen molar-refractivity contribution in [3.05, 3.63) is 57.3 Å². The van der Waals surface area contributed by atoms with Crippen LogP contribution in [-0.2, 0) is 4.79 Å². The number of hydrogen-bond donors (Lipinski definition) is 1. The van der Waals surface area contributed by atoms with Gasteiger partial charge in [0.05, 0.1) is 17.6 Å². The fourth-order valence-corrected chi connectivity index (χ4v) is 2.42. The smallest absolute Gasteiger partial charge is 0.360 e. The lowest BCUT2D eigenvalue weighted by Gasteiger charge is -2.11. The molecular formula is C14H8Cl2FN5O3. The highest BCUT2D eigenvalue weighted by atomic mass is 35.5. The Kier molecular flexibility index (Phi) is 4.51. The van der Waals surface area contributed by atoms with Crippen LogP contribution in [-0.4, -0.2) is 35.6 Å². The number of alkyl halides is 1. The van der Waals surface area contributed by atoms with E-state index in [0.717, 1.165) is 12.4 Å². The summed E-state index contributed by atoms with van der Waals surface area (Å²) in [5.41, 5.74) is 0.165. The average Bonchev–Trinajstić information content (AvgIpc) is 3.00. The summed E-state index contributed by atoms with van der Waals surface area (Å²) < 4.78 is 15.3. The first kappa shape index (κ1) is 17.1. The van der Waals surface area contributed by atoms with Crippen LogP contribution in [0.2, 0.25) is 10.2 Å². The largest absolute Gasteiger partial charge is 0.478 e. The highest BCUT2D eigenvalue weighted by Crippen LogP contribution is 2.28. The summed E-state index contributed by atoms with van der Waals surface area (Å²) in [6.07, 6.45) is -0.269. The summed E-state index contributed by atoms with van der Waals surface area (Å²) >= 11 is 11.8. The summed E-state index contributed by atoms with van der Waals surface area (Å²) in [4.78, 5) is 26.7. The minimum Gasteiger partial charge on any atom is -0.478 e. The van der Waals surface area contributed by atoms with E-state index in [1.165, 1.54) is 16.9 Å². The van der Waals surface area contributed by atoms with Gasteiger partial charge in [-0.15, -0.1) is 5.10 Å². The molecule has 0 amide bonds. The molecule has 0 radical (unpaired) electrons. The van der Waals surface area contributed by atoms with Gasteiger partial charge in [0.15, 0.2) is 5.15 Å². The Balaban J connectivity index is 2.14. The molecule has 8 nitrogen and oxygen atoms in total. The van der Waals surface area contributed by atoms with E-state index in [0.29, 0.717) is 20.8 Å². The Morgan fingerprint density at radius 3 is 2.64 bits per heavy atom. The minimum atomic E-state index is -2.53. The van der Waals surface area contributed by atoms with Gasteiger partial charge >= 0.3 is 5.97 Å². The number of carbonyl (C=O) groups is 1. The van der Waals surface area contributed by atoms with Crippen LogP contribution in [0.5, 0.6) is 0 Å². The topological polar surface area (TPSA) is 103 Å². The normalized spacial score (nSPS) is 12.1. The maximum atomic E-state index is 13.5. The van der Waals surface area contributed by atoms with E-state index in [1.807, 2.05) is 0 Å². The van der Waals surface area contributed by atoms with Crippen molar-refractivity contribution in [2.45, 2.75) is 6.30 Å². The number of hydrogen-bond acceptors (Lipinski definition) is 5. The maximum absolute atomic E-state index is 13.5. The molecule has 0 aliphatic carbocycles. The van der Waals surface area contributed by atoms with E-state index in [-0.39, 0.29) is 10.8 Å². The zero-order chi connectivity index (χ0) is 18.1. The number of carboxylic acids is 1. The van der Waals surface area contributed by atoms with Gasteiger partial charge in [0, 0.05) is 16.7 Å². The number of carboxylic acid groups (broad SMARTS) is 1. The molecule has 0 fully saturated rings. The number of nitrogens with zero attached hydrogens (tertiary/aromatic N) is 5. The molecule has 0 saturated carbocycles. The van der Waals surface area contributed by atoms with E-state index < -0.39 is 17.8 Å². The van der Waals surface area contributed by atoms with Crippen LogP contribution < -0.4 is 5.56 Å². The Hall–Kier alpha value is -2.78. The van der Waals surface area contributed by atoms with Crippen LogP contribution >= 0.6 is 23.2 Å². The number of halogens is 3. The molecule has 0 saturated heterocycles. The van der Waals surface area contributed by atoms with Crippen LogP contribution in [0.25, 0.3) is 16.9 Å². The molecule has 3 rings (SSSR count). The highest BCUT2D eigenvalue weighted by Gasteiger charge is 2.20. The molecule has 1 N–H and O–H groups in total. The van der Waals surface area contributed by atoms with Gasteiger partial charge < -0.3 is 5.11 Å². The number of aromatic nitrogens is 5. The lowest BCUT2D eigenvalue weighted by molar-refractivity contribution is -0.146. The van der Waals surface area contributed by atoms with Gasteiger partial charge in [0.2, 0.25) is 0 Å². The molecule has 2 heterocycles. The molecule has 0 aliphatic rings. The van der Waals surface area contributed by atoms with Gasteiger partial charge in [-0.2, -0.15) is 0 Å². The quantitative estimate of drug-likeness (QED) is 0.741. The number of aliphatic carboxylic acids is 1. The van der Waals surface area contributed by atoms with Crippen molar-refractivity contribution in [3.8, 4) is 16.9 Å². The monoisotopic (exact) mass is 383 g/mol. The van der Waals surface area contributed by atoms with E-state index in [4.69, 9.17) is 28.3 Å². The molecule has 1 atom stereocenters. The Bertz CT molecular complexity index is 1020. The highest BCUT2D eigenvalue weighted by molar-refractivity contribution is 6.31. The van der Waals surface area contributed by atoms with E-state index in [9.17, 15) is 14.0 Å². The van der Waals surface area contributed by atoms with Gasteiger partial charge in [0.25, 0.3) is 11.9 Å². The molecule has 11 heteroatoms. The fraction of sp³-hybridized carbons (Fsp3) is 0.0714. The van der Waals surface area contributed by atoms with Crippen molar-refractivity contribution in [3.63, 3.8) is 0 Å². The predicted octanol–water partition coefficient (Wildman–Crippen LogP) is 2.35. The van der Waals surface area contributed by atoms with Crippen molar-refractivity contribution in [1.82, 2.24) is 24.5 Å². The van der Waals surface area contributed by atoms with E-state index in [1.54, 1.807) is 12.1 Å². The van der Waals surface area contributed by atoms with Crippen molar-refractivity contribution in [2.24, 2.45) is 0 Å². The molecule has 0 bridgehead atoms. The zero-order valence-corrected chi connectivity index (χ0v) is 13.7. The summed E-state index contributed by atoms with van der Waals surface area (Å²) in [6.45, 7) is 0. The summed E-state index contributed by atoms with van der Waals surface area (Å²) in [5.74, 6) is -1.79. The van der Waals surface area contributed by atoms with Crippen LogP contribution in [0.3, 0.4) is 0 Å². The first-order valence-corrected chi connectivity index (χ1v) is 7.45. The van der Waals surface area contributed by atoms with Gasteiger partial charge in [-0.25, -0.2) is 18.9 Å². The number of benzene rings is 1. The van der Waals surface area contributed by atoms with Crippen molar-refractivity contribution in [2.75, 3.05) is 0 Å². The summed E-state index contributed by atoms with van der Waals surface area (Å²) in [5, 5.41) is 16.7. The molecule has 3 aromatic rings. The SMILES string of the molecule is O=C(O)C(F)n1cnc(-c2cc(Cl)ccc2-n2cc(Cl)nn2)cc1=O. The van der Waals surface area contributed by atoms with Crippen molar-refractivity contribution < 1.29 is 14.3 Å². The van der Waals surface area contributed by atoms with Crippen LogP contribution in [0, 0.1) is 0 Å². The molecule has 2 aromatic heterocycles. The third-order valence-electron chi connectivity index (χ3n) is 3.23. The van der Waals surface area contributed by atoms with Gasteiger partial charge in [-0.05, 0) is 18.2 Å². The Morgan fingerprint density at radius 2 is 2.04 bits per heavy atom. The average molecular weight is 384 g/mol. The standard InChI is InChI=1S/C14H8Cl2FN5O3/c15-7-1-2-10(22-5-11(16)19-20-22)8(3-7)9-4-12(23)21(6-18-9)13(17)14(24)25/h1-6,13H,(H,24,25). The number of rotatable bonds is 4. The maximum Gasteiger partial charge on any atom is 0.360 e. The third-order valence-corrected chi connectivity index (χ3v) is 3.64. The van der Waals surface area contributed by atoms with Crippen molar-refractivity contribution in [1.29, 1.82) is 0 Å². The Labute approximate surface area is 149 Å². The second-order valence-corrected chi connectivity index (χ2v) is 5.66. The van der Waals surface area contributed by atoms with Gasteiger partial charge in [-0.1, -0.05) is 28.4 Å². The van der Waals surface area contributed by atoms with Crippen molar-refractivity contribution >= 4 is 29.2 Å². The summed E-state index contributed by atoms with van der Waals surface area (Å²) in [7, 11) is 0. The molecule has 128 valence electrons. The molecule has 1 aromatic carbocycles. The molecule has 25 heavy (non-hydrogen) atoms. The molecule has 0 aliphatic heterocycles. The van der Waals surface area contributed by atoms with E-state index >= 15 is 0 Å². The second kappa shape index (κ2) is 6.61. The van der Waals surface area contributed by atoms with Gasteiger partial charge in [0.1, 0.15) is 6.33 Å². The molecule has 1 unspecified atom stereocenters.